The number of nitrogens with two attached hydrogens (primary N) is 1. The third kappa shape index (κ3) is 3.53. The van der Waals surface area contributed by atoms with Gasteiger partial charge >= 0.3 is 6.01 Å². The smallest absolute Gasteiger partial charge is 0.323 e. The van der Waals surface area contributed by atoms with Crippen molar-refractivity contribution >= 4 is 23.2 Å². The highest BCUT2D eigenvalue weighted by Crippen LogP contribution is 2.26. The van der Waals surface area contributed by atoms with Gasteiger partial charge in [0.1, 0.15) is 5.01 Å². The summed E-state index contributed by atoms with van der Waals surface area (Å²) in [5.74, 6) is 0.507. The van der Waals surface area contributed by atoms with E-state index in [0.29, 0.717) is 12.6 Å². The normalized spacial score (nSPS) is 11.3. The van der Waals surface area contributed by atoms with Gasteiger partial charge in [0.2, 0.25) is 11.9 Å². The van der Waals surface area contributed by atoms with Gasteiger partial charge in [-0.1, -0.05) is 6.92 Å². The molecule has 0 aliphatic rings. The van der Waals surface area contributed by atoms with E-state index in [2.05, 4.69) is 25.3 Å². The lowest BCUT2D eigenvalue weighted by Gasteiger charge is -2.23. The zero-order valence-electron chi connectivity index (χ0n) is 11.8. The first-order chi connectivity index (χ1) is 9.51. The van der Waals surface area contributed by atoms with Crippen LogP contribution >= 0.6 is 11.3 Å². The molecule has 0 amide bonds. The summed E-state index contributed by atoms with van der Waals surface area (Å²) in [6, 6.07) is 0.233. The highest BCUT2D eigenvalue weighted by molar-refractivity contribution is 7.09. The molecular formula is C12H18N6OS. The van der Waals surface area contributed by atoms with Crippen LogP contribution in [0.3, 0.4) is 0 Å². The average Bonchev–Trinajstić information content (AvgIpc) is 2.89. The van der Waals surface area contributed by atoms with E-state index in [1.807, 2.05) is 26.2 Å². The van der Waals surface area contributed by atoms with Crippen molar-refractivity contribution in [2.45, 2.75) is 32.7 Å². The summed E-state index contributed by atoms with van der Waals surface area (Å²) in [5.41, 5.74) is 5.27. The lowest BCUT2D eigenvalue weighted by atomic mass is 10.1. The van der Waals surface area contributed by atoms with Crippen LogP contribution in [0.25, 0.3) is 0 Å². The molecule has 0 aliphatic heterocycles. The molecular weight excluding hydrogens is 276 g/mol. The fraction of sp³-hybridized carbons (Fsp3) is 0.500. The number of thiazole rings is 1. The molecule has 0 spiro atoms. The molecule has 0 saturated heterocycles. The fourth-order valence-corrected chi connectivity index (χ4v) is 2.27. The van der Waals surface area contributed by atoms with Crippen molar-refractivity contribution in [3.63, 3.8) is 0 Å². The van der Waals surface area contributed by atoms with Gasteiger partial charge in [-0.25, -0.2) is 4.98 Å². The van der Waals surface area contributed by atoms with Gasteiger partial charge < -0.3 is 15.8 Å². The van der Waals surface area contributed by atoms with E-state index in [9.17, 15) is 0 Å². The van der Waals surface area contributed by atoms with Gasteiger partial charge in [-0.2, -0.15) is 15.0 Å². The van der Waals surface area contributed by atoms with Crippen LogP contribution in [0.1, 0.15) is 32.2 Å². The van der Waals surface area contributed by atoms with Crippen molar-refractivity contribution in [2.75, 3.05) is 17.7 Å². The Hall–Kier alpha value is -1.96. The van der Waals surface area contributed by atoms with E-state index >= 15 is 0 Å². The van der Waals surface area contributed by atoms with E-state index in [0.717, 1.165) is 11.4 Å². The lowest BCUT2D eigenvalue weighted by Crippen LogP contribution is -2.29. The zero-order valence-corrected chi connectivity index (χ0v) is 12.6. The molecule has 108 valence electrons. The van der Waals surface area contributed by atoms with Gasteiger partial charge in [0.25, 0.3) is 0 Å². The Bertz CT molecular complexity index is 557. The number of hydrogen-bond acceptors (Lipinski definition) is 8. The Morgan fingerprint density at radius 1 is 1.35 bits per heavy atom. The van der Waals surface area contributed by atoms with Crippen molar-refractivity contribution < 1.29 is 4.74 Å². The topological polar surface area (TPSA) is 98.8 Å². The largest absolute Gasteiger partial charge is 0.463 e. The van der Waals surface area contributed by atoms with Crippen LogP contribution < -0.4 is 15.8 Å². The summed E-state index contributed by atoms with van der Waals surface area (Å²) in [6.45, 7) is 6.55. The molecule has 0 bridgehead atoms. The number of hydrogen-bond donors (Lipinski definition) is 2. The van der Waals surface area contributed by atoms with Gasteiger partial charge in [0.05, 0.1) is 12.1 Å². The molecule has 2 aromatic rings. The molecule has 0 aromatic carbocycles. The second-order valence-electron chi connectivity index (χ2n) is 4.74. The van der Waals surface area contributed by atoms with Crippen molar-refractivity contribution in [2.24, 2.45) is 0 Å². The van der Waals surface area contributed by atoms with E-state index < -0.39 is 5.54 Å². The molecule has 2 rings (SSSR count). The number of aromatic nitrogens is 4. The van der Waals surface area contributed by atoms with Crippen LogP contribution in [-0.4, -0.2) is 26.5 Å². The average molecular weight is 294 g/mol. The number of rotatable bonds is 6. The number of nitrogen functional groups attached to an aromatic ring is 1. The quantitative estimate of drug-likeness (QED) is 0.841. The number of nitrogens with zero attached hydrogens (tertiary/aromatic N) is 4. The summed E-state index contributed by atoms with van der Waals surface area (Å²) >= 11 is 1.56. The third-order valence-electron chi connectivity index (χ3n) is 2.46. The first-order valence-corrected chi connectivity index (χ1v) is 7.21. The summed E-state index contributed by atoms with van der Waals surface area (Å²) in [5, 5.41) is 6.07. The monoisotopic (exact) mass is 294 g/mol. The first kappa shape index (κ1) is 14.4. The minimum Gasteiger partial charge on any atom is -0.463 e. The second kappa shape index (κ2) is 6.00. The van der Waals surface area contributed by atoms with Crippen LogP contribution in [0.4, 0.5) is 11.9 Å². The maximum atomic E-state index is 5.67. The second-order valence-corrected chi connectivity index (χ2v) is 5.63. The molecule has 2 heterocycles. The van der Waals surface area contributed by atoms with Gasteiger partial charge in [0.15, 0.2) is 0 Å². The van der Waals surface area contributed by atoms with E-state index in [1.165, 1.54) is 0 Å². The maximum Gasteiger partial charge on any atom is 0.323 e. The highest BCUT2D eigenvalue weighted by atomic mass is 32.1. The van der Waals surface area contributed by atoms with Crippen molar-refractivity contribution in [3.05, 3.63) is 16.6 Å². The predicted octanol–water partition coefficient (Wildman–Crippen LogP) is 2.05. The maximum absolute atomic E-state index is 5.67. The van der Waals surface area contributed by atoms with E-state index in [-0.39, 0.29) is 12.0 Å². The van der Waals surface area contributed by atoms with Crippen LogP contribution in [0.15, 0.2) is 11.6 Å². The van der Waals surface area contributed by atoms with Gasteiger partial charge in [-0.3, -0.25) is 0 Å². The van der Waals surface area contributed by atoms with Crippen LogP contribution in [0, 0.1) is 0 Å². The fourth-order valence-electron chi connectivity index (χ4n) is 1.55. The van der Waals surface area contributed by atoms with Gasteiger partial charge in [-0.15, -0.1) is 11.3 Å². The Morgan fingerprint density at radius 3 is 2.80 bits per heavy atom. The number of anilines is 2. The molecule has 8 heteroatoms. The molecule has 2 aromatic heterocycles. The Balaban J connectivity index is 2.18. The minimum absolute atomic E-state index is 0.128. The SMILES string of the molecule is CCCOc1nc(N)nc(NC(C)(C)c2nccs2)n1. The molecule has 3 N–H and O–H groups in total. The third-order valence-corrected chi connectivity index (χ3v) is 3.56. The summed E-state index contributed by atoms with van der Waals surface area (Å²) in [7, 11) is 0. The number of nitrogens with one attached hydrogen (secondary N) is 1. The van der Waals surface area contributed by atoms with Crippen LogP contribution in [0.2, 0.25) is 0 Å². The summed E-state index contributed by atoms with van der Waals surface area (Å²) in [6.07, 6.45) is 2.64. The summed E-state index contributed by atoms with van der Waals surface area (Å²) < 4.78 is 5.39. The van der Waals surface area contributed by atoms with Crippen LogP contribution in [0.5, 0.6) is 6.01 Å². The molecule has 20 heavy (non-hydrogen) atoms. The van der Waals surface area contributed by atoms with Crippen molar-refractivity contribution in [1.29, 1.82) is 0 Å². The Labute approximate surface area is 121 Å². The highest BCUT2D eigenvalue weighted by Gasteiger charge is 2.24. The van der Waals surface area contributed by atoms with E-state index in [1.54, 1.807) is 17.5 Å². The standard InChI is InChI=1S/C12H18N6OS/c1-4-6-19-11-16-9(13)15-10(17-11)18-12(2,3)8-14-5-7-20-8/h5,7H,4,6H2,1-3H3,(H3,13,15,16,17,18). The zero-order chi connectivity index (χ0) is 14.6. The number of ether oxygens (including phenoxy) is 1. The van der Waals surface area contributed by atoms with Crippen molar-refractivity contribution in [3.8, 4) is 6.01 Å². The minimum atomic E-state index is -0.399. The molecule has 0 saturated carbocycles. The molecule has 0 unspecified atom stereocenters. The van der Waals surface area contributed by atoms with Crippen LogP contribution in [-0.2, 0) is 5.54 Å². The van der Waals surface area contributed by atoms with Gasteiger partial charge in [0, 0.05) is 11.6 Å². The van der Waals surface area contributed by atoms with E-state index in [4.69, 9.17) is 10.5 Å². The van der Waals surface area contributed by atoms with Gasteiger partial charge in [-0.05, 0) is 20.3 Å². The summed E-state index contributed by atoms with van der Waals surface area (Å²) in [4.78, 5) is 16.5. The molecule has 0 radical (unpaired) electrons. The molecule has 0 aliphatic carbocycles. The Kier molecular flexibility index (Phi) is 4.33. The van der Waals surface area contributed by atoms with Crippen molar-refractivity contribution in [1.82, 2.24) is 19.9 Å². The first-order valence-electron chi connectivity index (χ1n) is 6.34. The predicted molar refractivity (Wildman–Crippen MR) is 78.8 cm³/mol. The molecule has 0 fully saturated rings. The molecule has 7 nitrogen and oxygen atoms in total. The molecule has 0 atom stereocenters. The lowest BCUT2D eigenvalue weighted by molar-refractivity contribution is 0.292. The Morgan fingerprint density at radius 2 is 2.15 bits per heavy atom.